The molecule has 1 amide bonds. The number of fused-ring (bicyclic) bond motifs is 3. The molecule has 0 atom stereocenters. The molecule has 0 saturated heterocycles. The highest BCUT2D eigenvalue weighted by atomic mass is 32.2. The van der Waals surface area contributed by atoms with E-state index < -0.39 is 21.0 Å². The summed E-state index contributed by atoms with van der Waals surface area (Å²) in [5.41, 5.74) is 2.15. The van der Waals surface area contributed by atoms with Crippen LogP contribution in [0.25, 0.3) is 33.2 Å². The van der Waals surface area contributed by atoms with Gasteiger partial charge in [-0.1, -0.05) is 0 Å². The van der Waals surface area contributed by atoms with Crippen LogP contribution in [0.5, 0.6) is 5.75 Å². The fourth-order valence-electron chi connectivity index (χ4n) is 3.87. The summed E-state index contributed by atoms with van der Waals surface area (Å²) in [7, 11) is -4.53. The van der Waals surface area contributed by atoms with Crippen molar-refractivity contribution in [2.24, 2.45) is 5.10 Å². The topological polar surface area (TPSA) is 162 Å². The number of phenols is 1. The Morgan fingerprint density at radius 1 is 1.14 bits per heavy atom. The van der Waals surface area contributed by atoms with Gasteiger partial charge in [0.2, 0.25) is 0 Å². The number of carbonyl (C=O) groups excluding carboxylic acids is 2. The SMILES string of the molecule is CCOC(=O)C1=NN(c2ccc(-c3nc4c(ccc5c(O)cc(S(=O)(=O)O)cc54)[nH]3)cc2)C(=O)C1. The molecule has 0 fully saturated rings. The summed E-state index contributed by atoms with van der Waals surface area (Å²) >= 11 is 0. The zero-order valence-corrected chi connectivity index (χ0v) is 19.0. The van der Waals surface area contributed by atoms with Gasteiger partial charge in [0.25, 0.3) is 16.0 Å². The van der Waals surface area contributed by atoms with E-state index in [1.54, 1.807) is 43.3 Å². The van der Waals surface area contributed by atoms with Crippen molar-refractivity contribution in [2.45, 2.75) is 18.2 Å². The largest absolute Gasteiger partial charge is 0.507 e. The summed E-state index contributed by atoms with van der Waals surface area (Å²) in [5, 5.41) is 16.2. The molecule has 0 bridgehead atoms. The van der Waals surface area contributed by atoms with Gasteiger partial charge in [-0.05, 0) is 49.4 Å². The molecule has 3 aromatic carbocycles. The van der Waals surface area contributed by atoms with E-state index in [9.17, 15) is 27.7 Å². The van der Waals surface area contributed by atoms with Crippen molar-refractivity contribution in [1.29, 1.82) is 0 Å². The zero-order valence-electron chi connectivity index (χ0n) is 18.2. The first-order chi connectivity index (χ1) is 16.7. The Morgan fingerprint density at radius 2 is 1.89 bits per heavy atom. The van der Waals surface area contributed by atoms with Gasteiger partial charge in [-0.2, -0.15) is 18.5 Å². The van der Waals surface area contributed by atoms with Crippen molar-refractivity contribution in [2.75, 3.05) is 11.6 Å². The van der Waals surface area contributed by atoms with Gasteiger partial charge in [-0.3, -0.25) is 9.35 Å². The highest BCUT2D eigenvalue weighted by molar-refractivity contribution is 7.85. The van der Waals surface area contributed by atoms with E-state index in [1.165, 1.54) is 6.07 Å². The normalized spacial score (nSPS) is 14.1. The number of hydrogen-bond acceptors (Lipinski definition) is 8. The summed E-state index contributed by atoms with van der Waals surface area (Å²) in [6.07, 6.45) is -0.143. The number of imidazole rings is 1. The molecular formula is C23H18N4O7S. The van der Waals surface area contributed by atoms with Crippen LogP contribution in [0.4, 0.5) is 5.69 Å². The summed E-state index contributed by atoms with van der Waals surface area (Å²) in [6, 6.07) is 12.3. The number of aromatic amines is 1. The van der Waals surface area contributed by atoms with Crippen LogP contribution in [0.1, 0.15) is 13.3 Å². The maximum Gasteiger partial charge on any atom is 0.355 e. The number of benzene rings is 3. The number of hydrogen-bond donors (Lipinski definition) is 3. The average molecular weight is 494 g/mol. The molecule has 4 aromatic rings. The number of carbonyl (C=O) groups is 2. The first-order valence-electron chi connectivity index (χ1n) is 10.5. The van der Waals surface area contributed by atoms with Gasteiger partial charge in [0.15, 0.2) is 5.71 Å². The monoisotopic (exact) mass is 494 g/mol. The molecule has 11 nitrogen and oxygen atoms in total. The Labute approximate surface area is 198 Å². The quantitative estimate of drug-likeness (QED) is 0.282. The van der Waals surface area contributed by atoms with Crippen LogP contribution in [0.15, 0.2) is 58.5 Å². The molecule has 3 N–H and O–H groups in total. The lowest BCUT2D eigenvalue weighted by molar-refractivity contribution is -0.135. The molecule has 0 aliphatic carbocycles. The predicted octanol–water partition coefficient (Wildman–Crippen LogP) is 2.99. The van der Waals surface area contributed by atoms with Crippen LogP contribution in [0.3, 0.4) is 0 Å². The van der Waals surface area contributed by atoms with Crippen LogP contribution in [0, 0.1) is 0 Å². The molecule has 1 aromatic heterocycles. The minimum atomic E-state index is -4.53. The van der Waals surface area contributed by atoms with E-state index in [4.69, 9.17) is 4.74 Å². The highest BCUT2D eigenvalue weighted by Gasteiger charge is 2.30. The highest BCUT2D eigenvalue weighted by Crippen LogP contribution is 2.34. The summed E-state index contributed by atoms with van der Waals surface area (Å²) < 4.78 is 37.5. The third kappa shape index (κ3) is 3.98. The number of amides is 1. The molecule has 0 spiro atoms. The summed E-state index contributed by atoms with van der Waals surface area (Å²) in [4.78, 5) is 31.5. The van der Waals surface area contributed by atoms with Gasteiger partial charge in [0.05, 0.1) is 34.6 Å². The molecule has 0 saturated carbocycles. The fourth-order valence-corrected chi connectivity index (χ4v) is 4.40. The second-order valence-electron chi connectivity index (χ2n) is 7.76. The van der Waals surface area contributed by atoms with Gasteiger partial charge < -0.3 is 14.8 Å². The molecule has 2 heterocycles. The number of H-pyrrole nitrogens is 1. The molecule has 0 unspecified atom stereocenters. The number of ether oxygens (including phenoxy) is 1. The molecule has 1 aliphatic rings. The number of esters is 1. The van der Waals surface area contributed by atoms with Gasteiger partial charge >= 0.3 is 5.97 Å². The van der Waals surface area contributed by atoms with Crippen LogP contribution in [-0.2, 0) is 24.4 Å². The number of rotatable bonds is 5. The average Bonchev–Trinajstić information content (AvgIpc) is 3.43. The number of anilines is 1. The molecule has 35 heavy (non-hydrogen) atoms. The number of aromatic nitrogens is 2. The lowest BCUT2D eigenvalue weighted by Crippen LogP contribution is -2.19. The standard InChI is InChI=1S/C23H18N4O7S/c1-2-34-23(30)18-11-20(29)27(26-18)13-5-3-12(4-6-13)22-24-17-8-7-15-16(21(17)25-22)9-14(10-19(15)28)35(31,32)33/h3-10,28H,2,11H2,1H3,(H,24,25)(H,31,32,33). The van der Waals surface area contributed by atoms with Crippen molar-refractivity contribution in [1.82, 2.24) is 9.97 Å². The van der Waals surface area contributed by atoms with Crippen LogP contribution >= 0.6 is 0 Å². The predicted molar refractivity (Wildman–Crippen MR) is 127 cm³/mol. The first-order valence-corrected chi connectivity index (χ1v) is 11.9. The van der Waals surface area contributed by atoms with Crippen LogP contribution in [0.2, 0.25) is 0 Å². The summed E-state index contributed by atoms with van der Waals surface area (Å²) in [5.74, 6) is -0.827. The number of aromatic hydroxyl groups is 1. The molecule has 1 aliphatic heterocycles. The zero-order chi connectivity index (χ0) is 24.9. The minimum Gasteiger partial charge on any atom is -0.507 e. The second-order valence-corrected chi connectivity index (χ2v) is 9.18. The number of nitrogens with one attached hydrogen (secondary N) is 1. The van der Waals surface area contributed by atoms with E-state index in [2.05, 4.69) is 15.1 Å². The van der Waals surface area contributed by atoms with E-state index in [0.717, 1.165) is 11.1 Å². The maximum atomic E-state index is 12.3. The van der Waals surface area contributed by atoms with Crippen molar-refractivity contribution >= 4 is 55.2 Å². The van der Waals surface area contributed by atoms with Crippen molar-refractivity contribution in [3.05, 3.63) is 48.5 Å². The lowest BCUT2D eigenvalue weighted by atomic mass is 10.1. The molecule has 178 valence electrons. The summed E-state index contributed by atoms with van der Waals surface area (Å²) in [6.45, 7) is 1.85. The fraction of sp³-hybridized carbons (Fsp3) is 0.130. The van der Waals surface area contributed by atoms with Gasteiger partial charge in [-0.15, -0.1) is 0 Å². The molecule has 5 rings (SSSR count). The van der Waals surface area contributed by atoms with E-state index in [1.807, 2.05) is 0 Å². The van der Waals surface area contributed by atoms with Crippen LogP contribution < -0.4 is 5.01 Å². The number of phenolic OH excluding ortho intramolecular Hbond substituents is 1. The molecule has 0 radical (unpaired) electrons. The van der Waals surface area contributed by atoms with Gasteiger partial charge in [0.1, 0.15) is 11.6 Å². The third-order valence-electron chi connectivity index (χ3n) is 5.51. The van der Waals surface area contributed by atoms with E-state index in [0.29, 0.717) is 38.9 Å². The number of nitrogens with zero attached hydrogens (tertiary/aromatic N) is 3. The Bertz CT molecular complexity index is 1660. The molecule has 12 heteroatoms. The Hall–Kier alpha value is -4.29. The Kier molecular flexibility index (Phi) is 5.26. The Morgan fingerprint density at radius 3 is 2.57 bits per heavy atom. The smallest absolute Gasteiger partial charge is 0.355 e. The van der Waals surface area contributed by atoms with Gasteiger partial charge in [-0.25, -0.2) is 9.78 Å². The van der Waals surface area contributed by atoms with Crippen molar-refractivity contribution < 1.29 is 32.4 Å². The first kappa shape index (κ1) is 22.5. The van der Waals surface area contributed by atoms with Crippen molar-refractivity contribution in [3.8, 4) is 17.1 Å². The van der Waals surface area contributed by atoms with Crippen LogP contribution in [-0.4, -0.2) is 52.2 Å². The Balaban J connectivity index is 1.51. The maximum absolute atomic E-state index is 12.3. The molecular weight excluding hydrogens is 476 g/mol. The number of hydrazone groups is 1. The van der Waals surface area contributed by atoms with Crippen molar-refractivity contribution in [3.63, 3.8) is 0 Å². The second kappa shape index (κ2) is 8.18. The van der Waals surface area contributed by atoms with E-state index >= 15 is 0 Å². The minimum absolute atomic E-state index is 0.0394. The third-order valence-corrected chi connectivity index (χ3v) is 6.34. The van der Waals surface area contributed by atoms with E-state index in [-0.39, 0.29) is 30.4 Å². The van der Waals surface area contributed by atoms with Gasteiger partial charge in [0, 0.05) is 22.4 Å². The lowest BCUT2D eigenvalue weighted by Gasteiger charge is -2.11.